The van der Waals surface area contributed by atoms with E-state index in [0.29, 0.717) is 36.5 Å². The van der Waals surface area contributed by atoms with Gasteiger partial charge in [-0.05, 0) is 30.9 Å². The number of fused-ring (bicyclic) bond motifs is 1. The van der Waals surface area contributed by atoms with Crippen molar-refractivity contribution in [3.63, 3.8) is 0 Å². The highest BCUT2D eigenvalue weighted by Gasteiger charge is 2.41. The van der Waals surface area contributed by atoms with Gasteiger partial charge in [0.15, 0.2) is 0 Å². The highest BCUT2D eigenvalue weighted by Crippen LogP contribution is 2.38. The molecule has 2 heterocycles. The molecule has 3 aromatic rings. The van der Waals surface area contributed by atoms with Crippen molar-refractivity contribution in [1.29, 1.82) is 0 Å². The average Bonchev–Trinajstić information content (AvgIpc) is 3.40. The van der Waals surface area contributed by atoms with Gasteiger partial charge in [-0.15, -0.1) is 5.10 Å². The maximum atomic E-state index is 14.0. The molecule has 3 N–H and O–H groups in total. The molecule has 2 fully saturated rings. The number of halogens is 2. The molecule has 1 aromatic heterocycles. The van der Waals surface area contributed by atoms with Crippen LogP contribution in [0.25, 0.3) is 0 Å². The summed E-state index contributed by atoms with van der Waals surface area (Å²) in [6, 6.07) is 14.3. The molecule has 0 spiro atoms. The van der Waals surface area contributed by atoms with Crippen molar-refractivity contribution in [1.82, 2.24) is 31.2 Å². The maximum absolute atomic E-state index is 14.0. The third kappa shape index (κ3) is 4.51. The predicted octanol–water partition coefficient (Wildman–Crippen LogP) is 3.08. The van der Waals surface area contributed by atoms with Crippen LogP contribution in [0.4, 0.5) is 8.78 Å². The molecule has 1 saturated carbocycles. The minimum absolute atomic E-state index is 0.0108. The Bertz CT molecular complexity index is 1020. The molecule has 0 bridgehead atoms. The first-order valence-electron chi connectivity index (χ1n) is 10.8. The Kier molecular flexibility index (Phi) is 5.76. The Morgan fingerprint density at radius 3 is 2.77 bits per heavy atom. The first kappa shape index (κ1) is 20.2. The van der Waals surface area contributed by atoms with E-state index < -0.39 is 11.6 Å². The highest BCUT2D eigenvalue weighted by atomic mass is 19.1. The fraction of sp³-hybridized carbons (Fsp3) is 0.391. The molecule has 31 heavy (non-hydrogen) atoms. The van der Waals surface area contributed by atoms with Crippen LogP contribution in [0.1, 0.15) is 42.0 Å². The van der Waals surface area contributed by atoms with E-state index in [0.717, 1.165) is 31.0 Å². The first-order chi connectivity index (χ1) is 15.2. The number of aromatic nitrogens is 3. The van der Waals surface area contributed by atoms with E-state index in [9.17, 15) is 8.78 Å². The Morgan fingerprint density at radius 2 is 1.94 bits per heavy atom. The lowest BCUT2D eigenvalue weighted by Crippen LogP contribution is -2.44. The van der Waals surface area contributed by atoms with Gasteiger partial charge in [0.2, 0.25) is 0 Å². The zero-order chi connectivity index (χ0) is 21.2. The molecule has 1 saturated heterocycles. The minimum atomic E-state index is -0.558. The topological polar surface area (TPSA) is 66.8 Å². The molecule has 4 atom stereocenters. The van der Waals surface area contributed by atoms with Crippen LogP contribution >= 0.6 is 0 Å². The predicted molar refractivity (Wildman–Crippen MR) is 113 cm³/mol. The molecule has 5 rings (SSSR count). The molecule has 8 heteroatoms. The zero-order valence-electron chi connectivity index (χ0n) is 17.1. The number of hydrazine groups is 1. The van der Waals surface area contributed by atoms with Crippen molar-refractivity contribution >= 4 is 0 Å². The van der Waals surface area contributed by atoms with Crippen molar-refractivity contribution < 1.29 is 8.78 Å². The molecule has 4 unspecified atom stereocenters. The number of benzene rings is 2. The number of rotatable bonds is 6. The van der Waals surface area contributed by atoms with E-state index in [1.54, 1.807) is 0 Å². The van der Waals surface area contributed by atoms with Crippen LogP contribution in [-0.2, 0) is 13.1 Å². The van der Waals surface area contributed by atoms with Gasteiger partial charge in [0.25, 0.3) is 0 Å². The number of hydrogen-bond acceptors (Lipinski definition) is 5. The molecule has 1 aliphatic heterocycles. The highest BCUT2D eigenvalue weighted by molar-refractivity contribution is 5.19. The molecule has 1 aliphatic carbocycles. The van der Waals surface area contributed by atoms with Gasteiger partial charge in [-0.3, -0.25) is 10.7 Å². The zero-order valence-corrected chi connectivity index (χ0v) is 17.1. The second-order valence-corrected chi connectivity index (χ2v) is 8.49. The van der Waals surface area contributed by atoms with E-state index >= 15 is 0 Å². The number of nitrogens with one attached hydrogen (secondary N) is 3. The van der Waals surface area contributed by atoms with E-state index in [1.807, 2.05) is 22.9 Å². The van der Waals surface area contributed by atoms with E-state index in [4.69, 9.17) is 0 Å². The lowest BCUT2D eigenvalue weighted by atomic mass is 9.76. The Labute approximate surface area is 180 Å². The van der Waals surface area contributed by atoms with Crippen molar-refractivity contribution in [2.75, 3.05) is 0 Å². The fourth-order valence-electron chi connectivity index (χ4n) is 4.76. The molecular weight excluding hydrogens is 398 g/mol. The van der Waals surface area contributed by atoms with Crippen LogP contribution in [0.2, 0.25) is 0 Å². The quantitative estimate of drug-likeness (QED) is 0.568. The second kappa shape index (κ2) is 8.82. The average molecular weight is 424 g/mol. The van der Waals surface area contributed by atoms with Crippen LogP contribution in [0.3, 0.4) is 0 Å². The third-order valence-electron chi connectivity index (χ3n) is 6.44. The lowest BCUT2D eigenvalue weighted by molar-refractivity contribution is 0.254. The maximum Gasteiger partial charge on any atom is 0.130 e. The van der Waals surface area contributed by atoms with Gasteiger partial charge in [0.05, 0.1) is 18.4 Å². The Balaban J connectivity index is 1.22. The SMILES string of the molecule is Fc1ccc(CNC2NNC3CCC(c4cn(Cc5ccccc5)nn4)CC32)c(F)c1. The molecule has 2 aromatic carbocycles. The summed E-state index contributed by atoms with van der Waals surface area (Å²) in [5, 5.41) is 12.2. The lowest BCUT2D eigenvalue weighted by Gasteiger charge is -2.32. The van der Waals surface area contributed by atoms with Crippen molar-refractivity contribution in [3.05, 3.63) is 83.2 Å². The Hall–Kier alpha value is -2.68. The summed E-state index contributed by atoms with van der Waals surface area (Å²) in [6.07, 6.45) is 5.13. The van der Waals surface area contributed by atoms with Gasteiger partial charge in [-0.25, -0.2) is 18.9 Å². The van der Waals surface area contributed by atoms with E-state index in [1.165, 1.54) is 17.7 Å². The smallest absolute Gasteiger partial charge is 0.130 e. The van der Waals surface area contributed by atoms with Gasteiger partial charge < -0.3 is 0 Å². The summed E-state index contributed by atoms with van der Waals surface area (Å²) in [4.78, 5) is 0. The summed E-state index contributed by atoms with van der Waals surface area (Å²) in [7, 11) is 0. The summed E-state index contributed by atoms with van der Waals surface area (Å²) >= 11 is 0. The summed E-state index contributed by atoms with van der Waals surface area (Å²) < 4.78 is 29.0. The van der Waals surface area contributed by atoms with Crippen LogP contribution < -0.4 is 16.2 Å². The molecule has 0 amide bonds. The Morgan fingerprint density at radius 1 is 1.06 bits per heavy atom. The first-order valence-corrected chi connectivity index (χ1v) is 10.8. The van der Waals surface area contributed by atoms with Crippen molar-refractivity contribution in [2.24, 2.45) is 5.92 Å². The van der Waals surface area contributed by atoms with Gasteiger partial charge in [-0.1, -0.05) is 41.6 Å². The molecule has 2 aliphatic rings. The monoisotopic (exact) mass is 424 g/mol. The van der Waals surface area contributed by atoms with Gasteiger partial charge in [-0.2, -0.15) is 0 Å². The molecule has 6 nitrogen and oxygen atoms in total. The van der Waals surface area contributed by atoms with E-state index in [2.05, 4.69) is 44.8 Å². The molecule has 162 valence electrons. The molecular formula is C23H26F2N6. The van der Waals surface area contributed by atoms with Crippen LogP contribution in [0.15, 0.2) is 54.7 Å². The van der Waals surface area contributed by atoms with Crippen LogP contribution in [0.5, 0.6) is 0 Å². The van der Waals surface area contributed by atoms with Gasteiger partial charge >= 0.3 is 0 Å². The fourth-order valence-corrected chi connectivity index (χ4v) is 4.76. The second-order valence-electron chi connectivity index (χ2n) is 8.49. The molecule has 0 radical (unpaired) electrons. The van der Waals surface area contributed by atoms with Crippen molar-refractivity contribution in [3.8, 4) is 0 Å². The summed E-state index contributed by atoms with van der Waals surface area (Å²) in [5.41, 5.74) is 9.37. The largest absolute Gasteiger partial charge is 0.296 e. The van der Waals surface area contributed by atoms with Gasteiger partial charge in [0.1, 0.15) is 11.6 Å². The summed E-state index contributed by atoms with van der Waals surface area (Å²) in [6.45, 7) is 1.05. The standard InChI is InChI=1S/C23H26F2N6/c24-18-8-6-17(20(25)11-18)12-26-23-19-10-16(7-9-21(19)27-29-23)22-14-31(30-28-22)13-15-4-2-1-3-5-15/h1-6,8,11,14,16,19,21,23,26-27,29H,7,9-10,12-13H2. The summed E-state index contributed by atoms with van der Waals surface area (Å²) in [5.74, 6) is -0.384. The minimum Gasteiger partial charge on any atom is -0.296 e. The number of nitrogens with zero attached hydrogens (tertiary/aromatic N) is 3. The van der Waals surface area contributed by atoms with Crippen LogP contribution in [0, 0.1) is 17.6 Å². The number of hydrogen-bond donors (Lipinski definition) is 3. The van der Waals surface area contributed by atoms with Crippen molar-refractivity contribution in [2.45, 2.75) is 50.5 Å². The normalized spacial score (nSPS) is 25.5. The van der Waals surface area contributed by atoms with Crippen LogP contribution in [-0.4, -0.2) is 27.2 Å². The van der Waals surface area contributed by atoms with E-state index in [-0.39, 0.29) is 6.17 Å². The third-order valence-corrected chi connectivity index (χ3v) is 6.44. The van der Waals surface area contributed by atoms with Gasteiger partial charge in [0, 0.05) is 42.2 Å².